The highest BCUT2D eigenvalue weighted by atomic mass is 16.5. The number of nitrogens with one attached hydrogen (secondary N) is 1. The molecule has 0 bridgehead atoms. The number of fused-ring (bicyclic) bond motifs is 1. The first kappa shape index (κ1) is 13.9. The lowest BCUT2D eigenvalue weighted by molar-refractivity contribution is -0.144. The second-order valence-corrected chi connectivity index (χ2v) is 5.39. The third-order valence-corrected chi connectivity index (χ3v) is 4.17. The van der Waals surface area contributed by atoms with Crippen LogP contribution in [0.3, 0.4) is 0 Å². The summed E-state index contributed by atoms with van der Waals surface area (Å²) in [7, 11) is 2.99. The molecule has 3 rings (SSSR count). The number of hydrogen-bond acceptors (Lipinski definition) is 5. The van der Waals surface area contributed by atoms with Gasteiger partial charge in [-0.25, -0.2) is 4.98 Å². The maximum atomic E-state index is 12.2. The normalized spacial score (nSPS) is 17.0. The predicted octanol–water partition coefficient (Wildman–Crippen LogP) is 2.41. The fourth-order valence-electron chi connectivity index (χ4n) is 3.10. The Morgan fingerprint density at radius 2 is 2.05 bits per heavy atom. The second kappa shape index (κ2) is 5.71. The van der Waals surface area contributed by atoms with Crippen molar-refractivity contribution in [2.45, 2.75) is 31.6 Å². The van der Waals surface area contributed by atoms with Crippen molar-refractivity contribution in [1.82, 2.24) is 15.0 Å². The SMILES string of the molecule is COC(=O)C(c1nc2nc(OC)ccc2[nH]1)C1CCCC1. The molecule has 0 spiro atoms. The molecule has 1 unspecified atom stereocenters. The molecule has 2 aromatic rings. The third-order valence-electron chi connectivity index (χ3n) is 4.17. The van der Waals surface area contributed by atoms with E-state index in [4.69, 9.17) is 9.47 Å². The molecule has 1 saturated carbocycles. The van der Waals surface area contributed by atoms with Crippen molar-refractivity contribution < 1.29 is 14.3 Å². The zero-order chi connectivity index (χ0) is 14.8. The van der Waals surface area contributed by atoms with Gasteiger partial charge in [0.25, 0.3) is 0 Å². The van der Waals surface area contributed by atoms with Crippen LogP contribution in [-0.4, -0.2) is 35.1 Å². The van der Waals surface area contributed by atoms with Crippen LogP contribution in [0.15, 0.2) is 12.1 Å². The Balaban J connectivity index is 1.99. The lowest BCUT2D eigenvalue weighted by Gasteiger charge is -2.18. The van der Waals surface area contributed by atoms with Gasteiger partial charge in [-0.2, -0.15) is 4.98 Å². The van der Waals surface area contributed by atoms with Gasteiger partial charge in [-0.1, -0.05) is 12.8 Å². The van der Waals surface area contributed by atoms with E-state index in [0.29, 0.717) is 23.3 Å². The summed E-state index contributed by atoms with van der Waals surface area (Å²) in [5.74, 6) is 0.881. The molecule has 1 fully saturated rings. The minimum atomic E-state index is -0.335. The van der Waals surface area contributed by atoms with Crippen LogP contribution in [0.5, 0.6) is 5.88 Å². The highest BCUT2D eigenvalue weighted by molar-refractivity contribution is 5.79. The first-order chi connectivity index (χ1) is 10.2. The van der Waals surface area contributed by atoms with Crippen LogP contribution in [-0.2, 0) is 9.53 Å². The van der Waals surface area contributed by atoms with Crippen LogP contribution in [0.1, 0.15) is 37.4 Å². The van der Waals surface area contributed by atoms with Crippen molar-refractivity contribution in [2.24, 2.45) is 5.92 Å². The Hall–Kier alpha value is -2.11. The van der Waals surface area contributed by atoms with Crippen molar-refractivity contribution >= 4 is 17.1 Å². The Morgan fingerprint density at radius 1 is 1.29 bits per heavy atom. The number of aromatic nitrogens is 3. The number of hydrogen-bond donors (Lipinski definition) is 1. The first-order valence-electron chi connectivity index (χ1n) is 7.21. The summed E-state index contributed by atoms with van der Waals surface area (Å²) in [6.45, 7) is 0. The van der Waals surface area contributed by atoms with Gasteiger partial charge in [-0.15, -0.1) is 0 Å². The molecule has 1 atom stereocenters. The number of carbonyl (C=O) groups is 1. The molecule has 2 heterocycles. The molecule has 1 aliphatic carbocycles. The monoisotopic (exact) mass is 289 g/mol. The standard InChI is InChI=1S/C15H19N3O3/c1-20-11-8-7-10-13(17-11)18-14(16-10)12(15(19)21-2)9-5-3-4-6-9/h7-9,12H,3-6H2,1-2H3,(H,16,17,18). The van der Waals surface area contributed by atoms with Crippen LogP contribution >= 0.6 is 0 Å². The van der Waals surface area contributed by atoms with Gasteiger partial charge in [-0.05, 0) is 24.8 Å². The maximum Gasteiger partial charge on any atom is 0.316 e. The molecule has 0 radical (unpaired) electrons. The van der Waals surface area contributed by atoms with Crippen molar-refractivity contribution in [3.63, 3.8) is 0 Å². The van der Waals surface area contributed by atoms with Crippen molar-refractivity contribution in [3.8, 4) is 5.88 Å². The minimum absolute atomic E-state index is 0.229. The van der Waals surface area contributed by atoms with E-state index >= 15 is 0 Å². The molecule has 0 aromatic carbocycles. The Morgan fingerprint density at radius 3 is 2.71 bits per heavy atom. The third kappa shape index (κ3) is 2.57. The molecule has 6 nitrogen and oxygen atoms in total. The van der Waals surface area contributed by atoms with Gasteiger partial charge >= 0.3 is 5.97 Å². The van der Waals surface area contributed by atoms with E-state index in [0.717, 1.165) is 31.2 Å². The Bertz CT molecular complexity index is 647. The molecule has 21 heavy (non-hydrogen) atoms. The summed E-state index contributed by atoms with van der Waals surface area (Å²) in [6, 6.07) is 3.63. The highest BCUT2D eigenvalue weighted by Crippen LogP contribution is 2.37. The van der Waals surface area contributed by atoms with E-state index in [1.165, 1.54) is 7.11 Å². The Labute approximate surface area is 122 Å². The molecule has 1 N–H and O–H groups in total. The van der Waals surface area contributed by atoms with Crippen LogP contribution in [0.25, 0.3) is 11.2 Å². The average Bonchev–Trinajstić information content (AvgIpc) is 3.15. The number of nitrogens with zero attached hydrogens (tertiary/aromatic N) is 2. The number of rotatable bonds is 4. The number of carbonyl (C=O) groups excluding carboxylic acids is 1. The summed E-state index contributed by atoms with van der Waals surface area (Å²) in [6.07, 6.45) is 4.38. The quantitative estimate of drug-likeness (QED) is 0.875. The Kier molecular flexibility index (Phi) is 3.77. The summed E-state index contributed by atoms with van der Waals surface area (Å²) in [5.41, 5.74) is 1.37. The number of imidazole rings is 1. The van der Waals surface area contributed by atoms with Crippen molar-refractivity contribution in [3.05, 3.63) is 18.0 Å². The summed E-state index contributed by atoms with van der Waals surface area (Å²) in [4.78, 5) is 24.2. The van der Waals surface area contributed by atoms with E-state index in [2.05, 4.69) is 15.0 Å². The fourth-order valence-corrected chi connectivity index (χ4v) is 3.10. The molecule has 0 saturated heterocycles. The summed E-state index contributed by atoms with van der Waals surface area (Å²) < 4.78 is 10.1. The number of ether oxygens (including phenoxy) is 2. The second-order valence-electron chi connectivity index (χ2n) is 5.39. The fraction of sp³-hybridized carbons (Fsp3) is 0.533. The summed E-state index contributed by atoms with van der Waals surface area (Å²) >= 11 is 0. The average molecular weight is 289 g/mol. The lowest BCUT2D eigenvalue weighted by Crippen LogP contribution is -2.22. The summed E-state index contributed by atoms with van der Waals surface area (Å²) in [5, 5.41) is 0. The van der Waals surface area contributed by atoms with E-state index in [1.54, 1.807) is 13.2 Å². The predicted molar refractivity (Wildman–Crippen MR) is 77.2 cm³/mol. The first-order valence-corrected chi connectivity index (χ1v) is 7.21. The largest absolute Gasteiger partial charge is 0.481 e. The molecular weight excluding hydrogens is 270 g/mol. The van der Waals surface area contributed by atoms with E-state index < -0.39 is 0 Å². The van der Waals surface area contributed by atoms with Gasteiger partial charge in [0.1, 0.15) is 11.7 Å². The number of esters is 1. The van der Waals surface area contributed by atoms with Crippen LogP contribution in [0.4, 0.5) is 0 Å². The van der Waals surface area contributed by atoms with Gasteiger partial charge in [0.05, 0.1) is 19.7 Å². The van der Waals surface area contributed by atoms with Gasteiger partial charge < -0.3 is 14.5 Å². The molecule has 0 amide bonds. The molecule has 0 aliphatic heterocycles. The number of H-pyrrole nitrogens is 1. The number of methoxy groups -OCH3 is 2. The van der Waals surface area contributed by atoms with Gasteiger partial charge in [-0.3, -0.25) is 4.79 Å². The number of aromatic amines is 1. The van der Waals surface area contributed by atoms with E-state index in [9.17, 15) is 4.79 Å². The smallest absolute Gasteiger partial charge is 0.316 e. The molecular formula is C15H19N3O3. The maximum absolute atomic E-state index is 12.2. The zero-order valence-electron chi connectivity index (χ0n) is 12.3. The van der Waals surface area contributed by atoms with Crippen LogP contribution in [0.2, 0.25) is 0 Å². The molecule has 2 aromatic heterocycles. The van der Waals surface area contributed by atoms with Gasteiger partial charge in [0.2, 0.25) is 5.88 Å². The molecule has 1 aliphatic rings. The highest BCUT2D eigenvalue weighted by Gasteiger charge is 2.35. The minimum Gasteiger partial charge on any atom is -0.481 e. The van der Waals surface area contributed by atoms with Crippen molar-refractivity contribution in [2.75, 3.05) is 14.2 Å². The van der Waals surface area contributed by atoms with E-state index in [-0.39, 0.29) is 11.9 Å². The zero-order valence-corrected chi connectivity index (χ0v) is 12.3. The van der Waals surface area contributed by atoms with Crippen molar-refractivity contribution in [1.29, 1.82) is 0 Å². The topological polar surface area (TPSA) is 77.1 Å². The van der Waals surface area contributed by atoms with Gasteiger partial charge in [0.15, 0.2) is 5.65 Å². The van der Waals surface area contributed by atoms with Gasteiger partial charge in [0, 0.05) is 6.07 Å². The molecule has 112 valence electrons. The lowest BCUT2D eigenvalue weighted by atomic mass is 9.90. The molecule has 6 heteroatoms. The van der Waals surface area contributed by atoms with Crippen LogP contribution in [0, 0.1) is 5.92 Å². The van der Waals surface area contributed by atoms with E-state index in [1.807, 2.05) is 6.07 Å². The van der Waals surface area contributed by atoms with Crippen LogP contribution < -0.4 is 4.74 Å². The number of pyridine rings is 1.